The predicted molar refractivity (Wildman–Crippen MR) is 107 cm³/mol. The summed E-state index contributed by atoms with van der Waals surface area (Å²) in [6.45, 7) is 3.52. The Morgan fingerprint density at radius 3 is 2.43 bits per heavy atom. The van der Waals surface area contributed by atoms with Crippen molar-refractivity contribution >= 4 is 29.4 Å². The lowest BCUT2D eigenvalue weighted by atomic mass is 9.97. The molecule has 0 bridgehead atoms. The highest BCUT2D eigenvalue weighted by molar-refractivity contribution is 6.18. The zero-order valence-corrected chi connectivity index (χ0v) is 16.6. The summed E-state index contributed by atoms with van der Waals surface area (Å²) < 4.78 is 11.0. The standard InChI is InChI=1S/C21H23N2O5/c1-6-28-18-11-15(23(3)4)8-9-16(18)20(26)19-17(22-13(2)25)10-7-14(12-24)21(19)27-5/h7-11H,6H2,1-5H3,(H,22,25). The molecule has 0 atom stereocenters. The van der Waals surface area contributed by atoms with Crippen molar-refractivity contribution in [2.45, 2.75) is 13.8 Å². The molecule has 28 heavy (non-hydrogen) atoms. The van der Waals surface area contributed by atoms with Crippen LogP contribution in [0.4, 0.5) is 11.4 Å². The predicted octanol–water partition coefficient (Wildman–Crippen LogP) is 2.81. The van der Waals surface area contributed by atoms with Gasteiger partial charge in [-0.25, -0.2) is 0 Å². The molecule has 0 heterocycles. The van der Waals surface area contributed by atoms with E-state index in [0.29, 0.717) is 17.9 Å². The minimum Gasteiger partial charge on any atom is -0.495 e. The first kappa shape index (κ1) is 21.0. The summed E-state index contributed by atoms with van der Waals surface area (Å²) in [7, 11) is 5.12. The molecule has 0 unspecified atom stereocenters. The summed E-state index contributed by atoms with van der Waals surface area (Å²) in [5.74, 6) is -0.348. The second kappa shape index (κ2) is 9.03. The normalized spacial score (nSPS) is 10.2. The molecule has 0 aromatic heterocycles. The number of hydrogen-bond acceptors (Lipinski definition) is 6. The molecule has 2 aromatic rings. The summed E-state index contributed by atoms with van der Waals surface area (Å²) in [6.07, 6.45) is 1.76. The number of ether oxygens (including phenoxy) is 2. The zero-order chi connectivity index (χ0) is 20.8. The third kappa shape index (κ3) is 4.31. The van der Waals surface area contributed by atoms with Crippen LogP contribution < -0.4 is 19.7 Å². The first-order chi connectivity index (χ1) is 13.3. The van der Waals surface area contributed by atoms with Crippen molar-refractivity contribution in [3.8, 4) is 11.5 Å². The third-order valence-electron chi connectivity index (χ3n) is 4.04. The number of rotatable bonds is 8. The number of hydrogen-bond donors (Lipinski definition) is 1. The van der Waals surface area contributed by atoms with Gasteiger partial charge in [0.1, 0.15) is 11.5 Å². The van der Waals surface area contributed by atoms with Gasteiger partial charge in [-0.05, 0) is 31.2 Å². The van der Waals surface area contributed by atoms with Gasteiger partial charge in [0.25, 0.3) is 0 Å². The van der Waals surface area contributed by atoms with Crippen LogP contribution >= 0.6 is 0 Å². The van der Waals surface area contributed by atoms with Crippen molar-refractivity contribution in [1.82, 2.24) is 0 Å². The van der Waals surface area contributed by atoms with E-state index in [1.807, 2.05) is 25.9 Å². The minimum atomic E-state index is -0.438. The molecule has 0 spiro atoms. The highest BCUT2D eigenvalue weighted by Crippen LogP contribution is 2.35. The second-order valence-corrected chi connectivity index (χ2v) is 6.19. The molecule has 0 fully saturated rings. The summed E-state index contributed by atoms with van der Waals surface area (Å²) in [5.41, 5.74) is 1.55. The number of nitrogens with one attached hydrogen (secondary N) is 1. The molecule has 1 N–H and O–H groups in total. The number of methoxy groups -OCH3 is 1. The first-order valence-corrected chi connectivity index (χ1v) is 8.69. The minimum absolute atomic E-state index is 0.0467. The maximum absolute atomic E-state index is 13.4. The Hall–Kier alpha value is -3.35. The van der Waals surface area contributed by atoms with Gasteiger partial charge in [0.05, 0.1) is 36.1 Å². The quantitative estimate of drug-likeness (QED) is 0.706. The van der Waals surface area contributed by atoms with Crippen molar-refractivity contribution in [1.29, 1.82) is 0 Å². The highest BCUT2D eigenvalue weighted by Gasteiger charge is 2.25. The summed E-state index contributed by atoms with van der Waals surface area (Å²) in [6, 6.07) is 8.11. The molecule has 147 valence electrons. The number of ketones is 1. The number of carbonyl (C=O) groups is 2. The molecule has 0 aliphatic rings. The van der Waals surface area contributed by atoms with Crippen molar-refractivity contribution in [3.05, 3.63) is 47.0 Å². The number of benzene rings is 2. The van der Waals surface area contributed by atoms with Gasteiger partial charge in [0.15, 0.2) is 0 Å². The van der Waals surface area contributed by atoms with Crippen molar-refractivity contribution in [2.24, 2.45) is 0 Å². The zero-order valence-electron chi connectivity index (χ0n) is 16.6. The van der Waals surface area contributed by atoms with Gasteiger partial charge >= 0.3 is 0 Å². The average molecular weight is 383 g/mol. The van der Waals surface area contributed by atoms with Crippen LogP contribution in [0.25, 0.3) is 0 Å². The topological polar surface area (TPSA) is 84.9 Å². The molecule has 0 aliphatic heterocycles. The van der Waals surface area contributed by atoms with E-state index in [0.717, 1.165) is 5.69 Å². The molecule has 7 nitrogen and oxygen atoms in total. The molecule has 0 saturated carbocycles. The van der Waals surface area contributed by atoms with E-state index in [9.17, 15) is 14.4 Å². The Bertz CT molecular complexity index is 906. The lowest BCUT2D eigenvalue weighted by Gasteiger charge is -2.19. The molecule has 0 aliphatic carbocycles. The van der Waals surface area contributed by atoms with Gasteiger partial charge in [0, 0.05) is 32.8 Å². The fourth-order valence-electron chi connectivity index (χ4n) is 2.78. The molecule has 2 rings (SSSR count). The fraction of sp³-hybridized carbons (Fsp3) is 0.286. The van der Waals surface area contributed by atoms with Crippen LogP contribution in [0.15, 0.2) is 30.3 Å². The Morgan fingerprint density at radius 1 is 1.18 bits per heavy atom. The van der Waals surface area contributed by atoms with E-state index < -0.39 is 5.78 Å². The van der Waals surface area contributed by atoms with E-state index in [-0.39, 0.29) is 28.5 Å². The highest BCUT2D eigenvalue weighted by atomic mass is 16.5. The van der Waals surface area contributed by atoms with E-state index in [1.54, 1.807) is 24.5 Å². The average Bonchev–Trinajstić information content (AvgIpc) is 2.66. The van der Waals surface area contributed by atoms with Crippen LogP contribution in [0.1, 0.15) is 35.3 Å². The molecule has 1 radical (unpaired) electrons. The van der Waals surface area contributed by atoms with Crippen molar-refractivity contribution in [3.63, 3.8) is 0 Å². The van der Waals surface area contributed by atoms with Gasteiger partial charge in [-0.2, -0.15) is 0 Å². The smallest absolute Gasteiger partial charge is 0.237 e. The molecular weight excluding hydrogens is 360 g/mol. The SMILES string of the molecule is CCOc1cc(N(C)C)ccc1C(=O)c1c(NC(C)=O)ccc([C]=O)c1OC. The Balaban J connectivity index is 2.71. The maximum atomic E-state index is 13.4. The van der Waals surface area contributed by atoms with Gasteiger partial charge in [-0.1, -0.05) is 0 Å². The lowest BCUT2D eigenvalue weighted by molar-refractivity contribution is -0.114. The van der Waals surface area contributed by atoms with Gasteiger partial charge in [-0.3, -0.25) is 14.4 Å². The third-order valence-corrected chi connectivity index (χ3v) is 4.04. The van der Waals surface area contributed by atoms with Gasteiger partial charge < -0.3 is 19.7 Å². The van der Waals surface area contributed by atoms with Crippen LogP contribution in [0.5, 0.6) is 11.5 Å². The van der Waals surface area contributed by atoms with Gasteiger partial charge in [0.2, 0.25) is 18.0 Å². The fourth-order valence-corrected chi connectivity index (χ4v) is 2.78. The van der Waals surface area contributed by atoms with Crippen LogP contribution in [-0.4, -0.2) is 45.8 Å². The Labute approximate surface area is 164 Å². The number of anilines is 2. The van der Waals surface area contributed by atoms with E-state index in [4.69, 9.17) is 9.47 Å². The summed E-state index contributed by atoms with van der Waals surface area (Å²) in [5, 5.41) is 2.61. The number of nitrogens with zero attached hydrogens (tertiary/aromatic N) is 1. The van der Waals surface area contributed by atoms with E-state index >= 15 is 0 Å². The van der Waals surface area contributed by atoms with Crippen LogP contribution in [-0.2, 0) is 9.59 Å². The summed E-state index contributed by atoms with van der Waals surface area (Å²) >= 11 is 0. The first-order valence-electron chi connectivity index (χ1n) is 8.69. The van der Waals surface area contributed by atoms with Crippen LogP contribution in [0.3, 0.4) is 0 Å². The monoisotopic (exact) mass is 383 g/mol. The lowest BCUT2D eigenvalue weighted by Crippen LogP contribution is -2.15. The second-order valence-electron chi connectivity index (χ2n) is 6.19. The number of amides is 1. The molecule has 7 heteroatoms. The Morgan fingerprint density at radius 2 is 1.89 bits per heavy atom. The van der Waals surface area contributed by atoms with Gasteiger partial charge in [-0.15, -0.1) is 0 Å². The maximum Gasteiger partial charge on any atom is 0.237 e. The molecular formula is C21H23N2O5. The van der Waals surface area contributed by atoms with E-state index in [2.05, 4.69) is 5.32 Å². The van der Waals surface area contributed by atoms with Crippen molar-refractivity contribution < 1.29 is 23.9 Å². The van der Waals surface area contributed by atoms with Crippen LogP contribution in [0.2, 0.25) is 0 Å². The number of carbonyl (C=O) groups excluding carboxylic acids is 3. The van der Waals surface area contributed by atoms with Crippen LogP contribution in [0, 0.1) is 0 Å². The summed E-state index contributed by atoms with van der Waals surface area (Å²) in [4.78, 5) is 38.2. The molecule has 0 saturated heterocycles. The van der Waals surface area contributed by atoms with E-state index in [1.165, 1.54) is 26.2 Å². The molecule has 1 amide bonds. The Kier molecular flexibility index (Phi) is 6.76. The largest absolute Gasteiger partial charge is 0.495 e. The molecule has 2 aromatic carbocycles. The van der Waals surface area contributed by atoms with Crippen molar-refractivity contribution in [2.75, 3.05) is 38.0 Å².